The van der Waals surface area contributed by atoms with Crippen molar-refractivity contribution >= 4 is 11.5 Å². The molecule has 3 nitrogen and oxygen atoms in total. The van der Waals surface area contributed by atoms with Gasteiger partial charge in [-0.1, -0.05) is 6.07 Å². The molecule has 0 fully saturated rings. The predicted molar refractivity (Wildman–Crippen MR) is 81.6 cm³/mol. The molecule has 0 heterocycles. The Morgan fingerprint density at radius 1 is 1.19 bits per heavy atom. The molecule has 0 radical (unpaired) electrons. The monoisotopic (exact) mass is 287 g/mol. The van der Waals surface area contributed by atoms with Gasteiger partial charge in [-0.25, -0.2) is 4.39 Å². The molecule has 110 valence electrons. The van der Waals surface area contributed by atoms with E-state index in [-0.39, 0.29) is 11.6 Å². The van der Waals surface area contributed by atoms with Crippen LogP contribution >= 0.6 is 0 Å². The highest BCUT2D eigenvalue weighted by Gasteiger charge is 2.06. The molecule has 2 aromatic carbocycles. The molecule has 2 aromatic rings. The van der Waals surface area contributed by atoms with E-state index >= 15 is 0 Å². The first kappa shape index (κ1) is 15.0. The van der Waals surface area contributed by atoms with E-state index in [0.29, 0.717) is 29.8 Å². The molecule has 0 aromatic heterocycles. The number of carbonyl (C=O) groups excluding carboxylic acids is 1. The molecule has 0 saturated heterocycles. The van der Waals surface area contributed by atoms with Crippen molar-refractivity contribution in [3.63, 3.8) is 0 Å². The highest BCUT2D eigenvalue weighted by Crippen LogP contribution is 2.15. The van der Waals surface area contributed by atoms with E-state index in [0.717, 1.165) is 5.75 Å². The summed E-state index contributed by atoms with van der Waals surface area (Å²) in [4.78, 5) is 12.0. The van der Waals surface area contributed by atoms with E-state index < -0.39 is 0 Å². The topological polar surface area (TPSA) is 38.3 Å². The fraction of sp³-hybridized carbons (Fsp3) is 0.235. The lowest BCUT2D eigenvalue weighted by Crippen LogP contribution is -2.09. The van der Waals surface area contributed by atoms with Crippen LogP contribution in [0.3, 0.4) is 0 Å². The van der Waals surface area contributed by atoms with Crippen molar-refractivity contribution < 1.29 is 13.9 Å². The summed E-state index contributed by atoms with van der Waals surface area (Å²) in [5, 5.41) is 3.05. The number of halogens is 1. The number of ether oxygens (including phenoxy) is 1. The number of methoxy groups -OCH3 is 1. The molecule has 0 saturated carbocycles. The lowest BCUT2D eigenvalue weighted by atomic mass is 10.1. The van der Waals surface area contributed by atoms with Gasteiger partial charge in [-0.3, -0.25) is 4.79 Å². The van der Waals surface area contributed by atoms with Crippen LogP contribution in [0.15, 0.2) is 42.5 Å². The number of hydrogen-bond donors (Lipinski definition) is 1. The molecule has 0 aliphatic heterocycles. The summed E-state index contributed by atoms with van der Waals surface area (Å²) in [5.41, 5.74) is 1.93. The first-order valence-corrected chi connectivity index (χ1v) is 6.77. The summed E-state index contributed by atoms with van der Waals surface area (Å²) >= 11 is 0. The number of carbonyl (C=O) groups is 1. The lowest BCUT2D eigenvalue weighted by molar-refractivity contribution is 0.0986. The Morgan fingerprint density at radius 3 is 2.52 bits per heavy atom. The first-order valence-electron chi connectivity index (χ1n) is 6.77. The van der Waals surface area contributed by atoms with Crippen molar-refractivity contribution in [1.82, 2.24) is 0 Å². The second-order valence-corrected chi connectivity index (χ2v) is 4.79. The van der Waals surface area contributed by atoms with E-state index in [1.165, 1.54) is 6.07 Å². The smallest absolute Gasteiger partial charge is 0.164 e. The maximum atomic E-state index is 13.4. The third kappa shape index (κ3) is 4.05. The molecule has 0 aliphatic rings. The van der Waals surface area contributed by atoms with Crippen LogP contribution in [0.2, 0.25) is 0 Å². The average molecular weight is 287 g/mol. The molecule has 4 heteroatoms. The Balaban J connectivity index is 1.87. The zero-order valence-corrected chi connectivity index (χ0v) is 12.2. The molecule has 0 spiro atoms. The fourth-order valence-corrected chi connectivity index (χ4v) is 1.94. The van der Waals surface area contributed by atoms with E-state index in [1.54, 1.807) is 50.4 Å². The van der Waals surface area contributed by atoms with Gasteiger partial charge in [0.05, 0.1) is 7.11 Å². The van der Waals surface area contributed by atoms with Crippen LogP contribution in [0.4, 0.5) is 10.1 Å². The van der Waals surface area contributed by atoms with Gasteiger partial charge in [0.2, 0.25) is 0 Å². The minimum atomic E-state index is -0.249. The highest BCUT2D eigenvalue weighted by molar-refractivity contribution is 5.96. The minimum Gasteiger partial charge on any atom is -0.497 e. The van der Waals surface area contributed by atoms with E-state index in [9.17, 15) is 9.18 Å². The Kier molecular flexibility index (Phi) is 4.93. The third-order valence-electron chi connectivity index (χ3n) is 3.27. The van der Waals surface area contributed by atoms with Crippen LogP contribution in [0.25, 0.3) is 0 Å². The largest absolute Gasteiger partial charge is 0.497 e. The van der Waals surface area contributed by atoms with Crippen LogP contribution in [-0.4, -0.2) is 19.4 Å². The van der Waals surface area contributed by atoms with E-state index in [1.807, 2.05) is 0 Å². The van der Waals surface area contributed by atoms with Crippen molar-refractivity contribution in [3.05, 3.63) is 59.4 Å². The molecule has 2 rings (SSSR count). The molecule has 0 atom stereocenters. The highest BCUT2D eigenvalue weighted by atomic mass is 19.1. The predicted octanol–water partition coefficient (Wildman–Crippen LogP) is 3.83. The third-order valence-corrected chi connectivity index (χ3v) is 3.27. The normalized spacial score (nSPS) is 10.2. The summed E-state index contributed by atoms with van der Waals surface area (Å²) in [7, 11) is 1.58. The van der Waals surface area contributed by atoms with Crippen molar-refractivity contribution in [2.45, 2.75) is 13.3 Å². The Hall–Kier alpha value is -2.36. The maximum absolute atomic E-state index is 13.4. The maximum Gasteiger partial charge on any atom is 0.164 e. The van der Waals surface area contributed by atoms with Crippen LogP contribution in [0, 0.1) is 12.7 Å². The average Bonchev–Trinajstić information content (AvgIpc) is 2.51. The van der Waals surface area contributed by atoms with Gasteiger partial charge in [-0.2, -0.15) is 0 Å². The van der Waals surface area contributed by atoms with Crippen LogP contribution in [-0.2, 0) is 0 Å². The van der Waals surface area contributed by atoms with Gasteiger partial charge in [0.15, 0.2) is 5.78 Å². The Bertz CT molecular complexity index is 623. The van der Waals surface area contributed by atoms with Gasteiger partial charge in [-0.05, 0) is 48.9 Å². The number of anilines is 1. The standard InChI is InChI=1S/C17H18FNO2/c1-12-3-6-14(11-16(12)18)19-10-9-17(20)13-4-7-15(21-2)8-5-13/h3-8,11,19H,9-10H2,1-2H3. The molecule has 0 unspecified atom stereocenters. The van der Waals surface area contributed by atoms with Crippen molar-refractivity contribution in [3.8, 4) is 5.75 Å². The first-order chi connectivity index (χ1) is 10.1. The summed E-state index contributed by atoms with van der Waals surface area (Å²) in [6, 6.07) is 12.0. The van der Waals surface area contributed by atoms with E-state index in [4.69, 9.17) is 4.74 Å². The van der Waals surface area contributed by atoms with Gasteiger partial charge in [0, 0.05) is 24.2 Å². The summed E-state index contributed by atoms with van der Waals surface area (Å²) in [5.74, 6) is 0.513. The minimum absolute atomic E-state index is 0.0396. The summed E-state index contributed by atoms with van der Waals surface area (Å²) < 4.78 is 18.4. The second kappa shape index (κ2) is 6.88. The number of hydrogen-bond acceptors (Lipinski definition) is 3. The number of rotatable bonds is 6. The van der Waals surface area contributed by atoms with Gasteiger partial charge in [-0.15, -0.1) is 0 Å². The van der Waals surface area contributed by atoms with Crippen molar-refractivity contribution in [1.29, 1.82) is 0 Å². The van der Waals surface area contributed by atoms with Crippen LogP contribution in [0.1, 0.15) is 22.3 Å². The van der Waals surface area contributed by atoms with Gasteiger partial charge in [0.1, 0.15) is 11.6 Å². The number of benzene rings is 2. The van der Waals surface area contributed by atoms with Gasteiger partial charge >= 0.3 is 0 Å². The summed E-state index contributed by atoms with van der Waals surface area (Å²) in [6.45, 7) is 2.18. The number of ketones is 1. The second-order valence-electron chi connectivity index (χ2n) is 4.79. The van der Waals surface area contributed by atoms with E-state index in [2.05, 4.69) is 5.32 Å². The molecule has 0 amide bonds. The fourth-order valence-electron chi connectivity index (χ4n) is 1.94. The lowest BCUT2D eigenvalue weighted by Gasteiger charge is -2.07. The van der Waals surface area contributed by atoms with Crippen LogP contribution < -0.4 is 10.1 Å². The van der Waals surface area contributed by atoms with Crippen LogP contribution in [0.5, 0.6) is 5.75 Å². The molecule has 21 heavy (non-hydrogen) atoms. The molecule has 1 N–H and O–H groups in total. The number of Topliss-reactive ketones (excluding diaryl/α,β-unsaturated/α-hetero) is 1. The molecule has 0 aliphatic carbocycles. The van der Waals surface area contributed by atoms with Crippen molar-refractivity contribution in [2.75, 3.05) is 19.0 Å². The number of nitrogens with one attached hydrogen (secondary N) is 1. The zero-order chi connectivity index (χ0) is 15.2. The van der Waals surface area contributed by atoms with Crippen molar-refractivity contribution in [2.24, 2.45) is 0 Å². The molecule has 0 bridgehead atoms. The Labute approximate surface area is 123 Å². The summed E-state index contributed by atoms with van der Waals surface area (Å²) in [6.07, 6.45) is 0.349. The SMILES string of the molecule is COc1ccc(C(=O)CCNc2ccc(C)c(F)c2)cc1. The zero-order valence-electron chi connectivity index (χ0n) is 12.2. The Morgan fingerprint density at radius 2 is 1.90 bits per heavy atom. The van der Waals surface area contributed by atoms with Gasteiger partial charge in [0.25, 0.3) is 0 Å². The van der Waals surface area contributed by atoms with Gasteiger partial charge < -0.3 is 10.1 Å². The molecular formula is C17H18FNO2. The molecular weight excluding hydrogens is 269 g/mol. The number of aryl methyl sites for hydroxylation is 1. The quantitative estimate of drug-likeness (QED) is 0.821.